The van der Waals surface area contributed by atoms with Crippen LogP contribution in [-0.2, 0) is 4.79 Å². The maximum Gasteiger partial charge on any atom is 0.308 e. The predicted octanol–water partition coefficient (Wildman–Crippen LogP) is 1.81. The number of rotatable bonds is 3. The highest BCUT2D eigenvalue weighted by Gasteiger charge is 2.29. The summed E-state index contributed by atoms with van der Waals surface area (Å²) in [5, 5.41) is 13.3. The molecule has 0 saturated carbocycles. The number of hydrogen-bond donors (Lipinski definition) is 1. The molecule has 0 unspecified atom stereocenters. The van der Waals surface area contributed by atoms with Gasteiger partial charge in [0.1, 0.15) is 0 Å². The summed E-state index contributed by atoms with van der Waals surface area (Å²) in [7, 11) is 0. The number of benzene rings is 1. The minimum atomic E-state index is -0.835. The lowest BCUT2D eigenvalue weighted by molar-refractivity contribution is -0.143. The van der Waals surface area contributed by atoms with Crippen molar-refractivity contribution in [1.82, 2.24) is 14.7 Å². The first-order valence-electron chi connectivity index (χ1n) is 7.28. The molecule has 1 amide bonds. The maximum absolute atomic E-state index is 12.8. The molecule has 0 bridgehead atoms. The van der Waals surface area contributed by atoms with E-state index in [1.165, 1.54) is 0 Å². The maximum atomic E-state index is 12.8. The molecule has 1 aromatic heterocycles. The van der Waals surface area contributed by atoms with Gasteiger partial charge >= 0.3 is 5.97 Å². The van der Waals surface area contributed by atoms with Crippen molar-refractivity contribution < 1.29 is 14.7 Å². The summed E-state index contributed by atoms with van der Waals surface area (Å²) in [5.74, 6) is -1.45. The van der Waals surface area contributed by atoms with Gasteiger partial charge in [-0.15, -0.1) is 0 Å². The fraction of sp³-hybridized carbons (Fsp3) is 0.312. The third-order valence-corrected chi connectivity index (χ3v) is 3.94. The monoisotopic (exact) mass is 299 g/mol. The Morgan fingerprint density at radius 1 is 1.23 bits per heavy atom. The van der Waals surface area contributed by atoms with Crippen LogP contribution in [0.1, 0.15) is 23.2 Å². The van der Waals surface area contributed by atoms with Gasteiger partial charge in [0.05, 0.1) is 17.2 Å². The zero-order valence-corrected chi connectivity index (χ0v) is 12.1. The predicted molar refractivity (Wildman–Crippen MR) is 79.8 cm³/mol. The molecule has 1 fully saturated rings. The Morgan fingerprint density at radius 3 is 2.77 bits per heavy atom. The zero-order valence-electron chi connectivity index (χ0n) is 12.1. The van der Waals surface area contributed by atoms with Crippen LogP contribution in [0.5, 0.6) is 0 Å². The van der Waals surface area contributed by atoms with Gasteiger partial charge in [0.15, 0.2) is 0 Å². The SMILES string of the molecule is O=C(O)[C@@H]1CCCN(C(=O)c2ccccc2-n2cccn2)C1. The number of para-hydroxylation sites is 1. The molecule has 6 nitrogen and oxygen atoms in total. The smallest absolute Gasteiger partial charge is 0.308 e. The average molecular weight is 299 g/mol. The summed E-state index contributed by atoms with van der Waals surface area (Å²) < 4.78 is 1.64. The van der Waals surface area contributed by atoms with Crippen LogP contribution in [0.4, 0.5) is 0 Å². The number of amides is 1. The van der Waals surface area contributed by atoms with E-state index in [-0.39, 0.29) is 12.5 Å². The van der Waals surface area contributed by atoms with Crippen LogP contribution in [0.15, 0.2) is 42.7 Å². The molecule has 2 heterocycles. The topological polar surface area (TPSA) is 75.4 Å². The number of aromatic nitrogens is 2. The van der Waals surface area contributed by atoms with Gasteiger partial charge in [-0.3, -0.25) is 9.59 Å². The fourth-order valence-corrected chi connectivity index (χ4v) is 2.80. The quantitative estimate of drug-likeness (QED) is 0.938. The van der Waals surface area contributed by atoms with Gasteiger partial charge in [-0.25, -0.2) is 4.68 Å². The Morgan fingerprint density at radius 2 is 2.05 bits per heavy atom. The minimum Gasteiger partial charge on any atom is -0.481 e. The third-order valence-electron chi connectivity index (χ3n) is 3.94. The Kier molecular flexibility index (Phi) is 3.91. The van der Waals surface area contributed by atoms with Gasteiger partial charge in [-0.05, 0) is 31.0 Å². The third kappa shape index (κ3) is 2.72. The standard InChI is InChI=1S/C16H17N3O3/c20-15(18-9-3-5-12(11-18)16(21)22)13-6-1-2-7-14(13)19-10-4-8-17-19/h1-2,4,6-8,10,12H,3,5,9,11H2,(H,21,22)/t12-/m1/s1. The van der Waals surface area contributed by atoms with E-state index in [0.29, 0.717) is 30.6 Å². The van der Waals surface area contributed by atoms with E-state index in [1.807, 2.05) is 12.1 Å². The molecule has 0 aliphatic carbocycles. The van der Waals surface area contributed by atoms with Gasteiger partial charge < -0.3 is 10.0 Å². The molecule has 1 aliphatic rings. The van der Waals surface area contributed by atoms with E-state index in [1.54, 1.807) is 40.2 Å². The van der Waals surface area contributed by atoms with E-state index in [0.717, 1.165) is 0 Å². The first kappa shape index (κ1) is 14.3. The highest BCUT2D eigenvalue weighted by Crippen LogP contribution is 2.21. The molecule has 1 aromatic carbocycles. The summed E-state index contributed by atoms with van der Waals surface area (Å²) in [6, 6.07) is 9.04. The van der Waals surface area contributed by atoms with Crippen LogP contribution < -0.4 is 0 Å². The van der Waals surface area contributed by atoms with E-state index in [9.17, 15) is 9.59 Å². The van der Waals surface area contributed by atoms with Crippen molar-refractivity contribution >= 4 is 11.9 Å². The highest BCUT2D eigenvalue weighted by atomic mass is 16.4. The molecule has 1 N–H and O–H groups in total. The number of piperidine rings is 1. The molecule has 1 aliphatic heterocycles. The van der Waals surface area contributed by atoms with Crippen molar-refractivity contribution in [3.8, 4) is 5.69 Å². The van der Waals surface area contributed by atoms with Crippen LogP contribution in [0.2, 0.25) is 0 Å². The Balaban J connectivity index is 1.88. The fourth-order valence-electron chi connectivity index (χ4n) is 2.80. The molecule has 1 atom stereocenters. The summed E-state index contributed by atoms with van der Waals surface area (Å²) in [6.07, 6.45) is 4.78. The van der Waals surface area contributed by atoms with Crippen LogP contribution in [0, 0.1) is 5.92 Å². The van der Waals surface area contributed by atoms with Gasteiger partial charge in [-0.2, -0.15) is 5.10 Å². The van der Waals surface area contributed by atoms with Crippen LogP contribution in [0.25, 0.3) is 5.69 Å². The minimum absolute atomic E-state index is 0.142. The Labute approximate surface area is 128 Å². The van der Waals surface area contributed by atoms with Gasteiger partial charge in [-0.1, -0.05) is 12.1 Å². The lowest BCUT2D eigenvalue weighted by Crippen LogP contribution is -2.42. The van der Waals surface area contributed by atoms with Crippen LogP contribution >= 0.6 is 0 Å². The Hall–Kier alpha value is -2.63. The number of carboxylic acid groups (broad SMARTS) is 1. The largest absolute Gasteiger partial charge is 0.481 e. The van der Waals surface area contributed by atoms with Gasteiger partial charge in [0.2, 0.25) is 0 Å². The molecule has 6 heteroatoms. The normalized spacial score (nSPS) is 18.2. The second kappa shape index (κ2) is 6.01. The summed E-state index contributed by atoms with van der Waals surface area (Å²) in [4.78, 5) is 25.6. The van der Waals surface area contributed by atoms with Crippen molar-refractivity contribution in [2.24, 2.45) is 5.92 Å². The number of nitrogens with zero attached hydrogens (tertiary/aromatic N) is 3. The van der Waals surface area contributed by atoms with E-state index >= 15 is 0 Å². The molecule has 22 heavy (non-hydrogen) atoms. The van der Waals surface area contributed by atoms with Crippen LogP contribution in [-0.4, -0.2) is 44.8 Å². The molecule has 0 spiro atoms. The molecule has 3 rings (SSSR count). The number of aliphatic carboxylic acids is 1. The first-order chi connectivity index (χ1) is 10.7. The summed E-state index contributed by atoms with van der Waals surface area (Å²) in [6.45, 7) is 0.859. The molecule has 2 aromatic rings. The van der Waals surface area contributed by atoms with E-state index < -0.39 is 11.9 Å². The highest BCUT2D eigenvalue weighted by molar-refractivity contribution is 5.98. The molecule has 0 radical (unpaired) electrons. The zero-order chi connectivity index (χ0) is 15.5. The number of likely N-dealkylation sites (tertiary alicyclic amines) is 1. The molecule has 114 valence electrons. The summed E-state index contributed by atoms with van der Waals surface area (Å²) >= 11 is 0. The van der Waals surface area contributed by atoms with E-state index in [2.05, 4.69) is 5.10 Å². The average Bonchev–Trinajstić information content (AvgIpc) is 3.08. The lowest BCUT2D eigenvalue weighted by atomic mass is 9.97. The lowest BCUT2D eigenvalue weighted by Gasteiger charge is -2.31. The van der Waals surface area contributed by atoms with Gasteiger partial charge in [0.25, 0.3) is 5.91 Å². The summed E-state index contributed by atoms with van der Waals surface area (Å²) in [5.41, 5.74) is 1.24. The molecular weight excluding hydrogens is 282 g/mol. The van der Waals surface area contributed by atoms with Gasteiger partial charge in [0, 0.05) is 25.5 Å². The molecular formula is C16H17N3O3. The van der Waals surface area contributed by atoms with E-state index in [4.69, 9.17) is 5.11 Å². The number of carboxylic acids is 1. The molecule has 1 saturated heterocycles. The van der Waals surface area contributed by atoms with Crippen LogP contribution in [0.3, 0.4) is 0 Å². The van der Waals surface area contributed by atoms with Crippen molar-refractivity contribution in [3.05, 3.63) is 48.3 Å². The number of carbonyl (C=O) groups is 2. The Bertz CT molecular complexity index is 682. The second-order valence-electron chi connectivity index (χ2n) is 5.40. The van der Waals surface area contributed by atoms with Crippen molar-refractivity contribution in [1.29, 1.82) is 0 Å². The number of carbonyl (C=O) groups excluding carboxylic acids is 1. The van der Waals surface area contributed by atoms with Crippen molar-refractivity contribution in [3.63, 3.8) is 0 Å². The van der Waals surface area contributed by atoms with Crippen molar-refractivity contribution in [2.45, 2.75) is 12.8 Å². The first-order valence-corrected chi connectivity index (χ1v) is 7.28. The second-order valence-corrected chi connectivity index (χ2v) is 5.40. The van der Waals surface area contributed by atoms with Crippen molar-refractivity contribution in [2.75, 3.05) is 13.1 Å². The number of hydrogen-bond acceptors (Lipinski definition) is 3.